The summed E-state index contributed by atoms with van der Waals surface area (Å²) in [6.07, 6.45) is -23.8. The van der Waals surface area contributed by atoms with Crippen molar-refractivity contribution < 1.29 is 119 Å². The molecule has 0 amide bonds. The lowest BCUT2D eigenvalue weighted by atomic mass is 9.98. The number of phenolic OH excluding ortho intramolecular Hbond substituents is 6. The molecule has 15 N–H and O–H groups in total. The molecule has 3 aromatic carbocycles. The van der Waals surface area contributed by atoms with Gasteiger partial charge in [0.1, 0.15) is 77.9 Å². The highest BCUT2D eigenvalue weighted by molar-refractivity contribution is 5.89. The molecule has 0 bridgehead atoms. The van der Waals surface area contributed by atoms with Gasteiger partial charge in [-0.25, -0.2) is 9.21 Å². The Morgan fingerprint density at radius 1 is 0.652 bits per heavy atom. The third kappa shape index (κ3) is 9.81. The second-order valence-electron chi connectivity index (χ2n) is 15.6. The number of phenols is 6. The van der Waals surface area contributed by atoms with E-state index >= 15 is 0 Å². The van der Waals surface area contributed by atoms with Crippen molar-refractivity contribution in [1.82, 2.24) is 0 Å². The third-order valence-corrected chi connectivity index (χ3v) is 11.0. The average molecular weight is 936 g/mol. The van der Waals surface area contributed by atoms with Crippen molar-refractivity contribution in [2.75, 3.05) is 13.2 Å². The van der Waals surface area contributed by atoms with Crippen LogP contribution >= 0.6 is 0 Å². The number of hydrogen-bond acceptors (Lipinski definition) is 23. The lowest BCUT2D eigenvalue weighted by molar-refractivity contribution is -0.319. The number of rotatable bonds is 12. The van der Waals surface area contributed by atoms with Crippen molar-refractivity contribution in [2.24, 2.45) is 0 Å². The highest BCUT2D eigenvalue weighted by Crippen LogP contribution is 2.45. The zero-order valence-electron chi connectivity index (χ0n) is 34.2. The smallest absolute Gasteiger partial charge is 0.402 e. The zero-order valence-corrected chi connectivity index (χ0v) is 34.2. The van der Waals surface area contributed by atoms with E-state index in [9.17, 15) is 81.4 Å². The van der Waals surface area contributed by atoms with Crippen molar-refractivity contribution in [3.8, 4) is 57.3 Å². The van der Waals surface area contributed by atoms with Gasteiger partial charge in [-0.1, -0.05) is 6.07 Å². The number of aliphatic hydroxyl groups excluding tert-OH is 9. The molecule has 3 aliphatic rings. The van der Waals surface area contributed by atoms with Gasteiger partial charge in [-0.3, -0.25) is 0 Å². The van der Waals surface area contributed by atoms with Crippen LogP contribution in [0.1, 0.15) is 12.5 Å². The predicted octanol–water partition coefficient (Wildman–Crippen LogP) is -1.91. The van der Waals surface area contributed by atoms with Crippen molar-refractivity contribution in [3.05, 3.63) is 60.2 Å². The highest BCUT2D eigenvalue weighted by atomic mass is 16.7. The van der Waals surface area contributed by atoms with Gasteiger partial charge in [0.05, 0.1) is 30.9 Å². The number of aliphatic hydroxyl groups is 9. The fourth-order valence-electron chi connectivity index (χ4n) is 7.34. The first-order valence-corrected chi connectivity index (χ1v) is 20.0. The minimum Gasteiger partial charge on any atom is -0.507 e. The van der Waals surface area contributed by atoms with Gasteiger partial charge in [0, 0.05) is 30.3 Å². The molecule has 1 aromatic heterocycles. The summed E-state index contributed by atoms with van der Waals surface area (Å²) in [6.45, 7) is -0.124. The van der Waals surface area contributed by atoms with Gasteiger partial charge >= 0.3 is 17.3 Å². The Morgan fingerprint density at radius 3 is 1.89 bits per heavy atom. The molecule has 0 spiro atoms. The van der Waals surface area contributed by atoms with Gasteiger partial charge in [-0.2, -0.15) is 0 Å². The lowest BCUT2D eigenvalue weighted by Crippen LogP contribution is -2.62. The van der Waals surface area contributed by atoms with E-state index in [2.05, 4.69) is 0 Å². The van der Waals surface area contributed by atoms with E-state index in [4.69, 9.17) is 37.6 Å². The molecule has 6 unspecified atom stereocenters. The second-order valence-corrected chi connectivity index (χ2v) is 15.6. The van der Waals surface area contributed by atoms with Gasteiger partial charge in [0.25, 0.3) is 0 Å². The molecule has 15 atom stereocenters. The molecule has 66 heavy (non-hydrogen) atoms. The number of esters is 1. The number of carbonyl (C=O) groups excluding carboxylic acids is 1. The highest BCUT2D eigenvalue weighted by Gasteiger charge is 2.50. The van der Waals surface area contributed by atoms with Crippen LogP contribution in [0, 0.1) is 0 Å². The molecule has 24 nitrogen and oxygen atoms in total. The summed E-state index contributed by atoms with van der Waals surface area (Å²) < 4.78 is 45.7. The quantitative estimate of drug-likeness (QED) is 0.0319. The number of aromatic hydroxyl groups is 6. The molecule has 7 rings (SSSR count). The Balaban J connectivity index is 1.11. The number of hydrogen-bond donors (Lipinski definition) is 15. The Kier molecular flexibility index (Phi) is 14.3. The summed E-state index contributed by atoms with van der Waals surface area (Å²) in [5.41, 5.74) is -0.0942. The van der Waals surface area contributed by atoms with E-state index in [0.29, 0.717) is 5.56 Å². The third-order valence-electron chi connectivity index (χ3n) is 11.0. The van der Waals surface area contributed by atoms with E-state index < -0.39 is 152 Å². The molecule has 0 aliphatic carbocycles. The van der Waals surface area contributed by atoms with Crippen LogP contribution in [-0.4, -0.2) is 188 Å². The van der Waals surface area contributed by atoms with Gasteiger partial charge in [0.15, 0.2) is 41.1 Å². The number of carbonyl (C=O) groups is 1. The predicted molar refractivity (Wildman–Crippen MR) is 215 cm³/mol. The van der Waals surface area contributed by atoms with E-state index in [0.717, 1.165) is 36.4 Å². The first kappa shape index (κ1) is 48.1. The van der Waals surface area contributed by atoms with Crippen molar-refractivity contribution >= 4 is 23.0 Å². The molecule has 4 aromatic rings. The number of benzene rings is 3. The Morgan fingerprint density at radius 2 is 1.26 bits per heavy atom. The summed E-state index contributed by atoms with van der Waals surface area (Å²) >= 11 is 0. The fraction of sp³-hybridized carbons (Fsp3) is 0.429. The molecule has 4 heterocycles. The van der Waals surface area contributed by atoms with Gasteiger partial charge in [-0.15, -0.1) is 0 Å². The van der Waals surface area contributed by atoms with Crippen molar-refractivity contribution in [1.29, 1.82) is 0 Å². The van der Waals surface area contributed by atoms with Crippen LogP contribution in [0.4, 0.5) is 0 Å². The minimum atomic E-state index is -2.05. The van der Waals surface area contributed by atoms with Crippen molar-refractivity contribution in [2.45, 2.75) is 99.0 Å². The molecular weight excluding hydrogens is 888 g/mol. The van der Waals surface area contributed by atoms with Gasteiger partial charge in [-0.05, 0) is 30.7 Å². The van der Waals surface area contributed by atoms with Gasteiger partial charge in [0.2, 0.25) is 18.3 Å². The Hall–Kier alpha value is -5.84. The van der Waals surface area contributed by atoms with Crippen LogP contribution in [0.15, 0.2) is 59.0 Å². The molecule has 0 saturated carbocycles. The summed E-state index contributed by atoms with van der Waals surface area (Å²) in [6, 6.07) is 8.90. The number of fused-ring (bicyclic) bond motifs is 1. The van der Waals surface area contributed by atoms with Crippen molar-refractivity contribution in [3.63, 3.8) is 0 Å². The fourth-order valence-corrected chi connectivity index (χ4v) is 7.34. The first-order chi connectivity index (χ1) is 31.3. The monoisotopic (exact) mass is 935 g/mol. The maximum absolute atomic E-state index is 12.6. The summed E-state index contributed by atoms with van der Waals surface area (Å²) in [7, 11) is 0. The van der Waals surface area contributed by atoms with Crippen LogP contribution in [0.25, 0.3) is 28.4 Å². The minimum absolute atomic E-state index is 0.102. The SMILES string of the molecule is CC1O[C@@H](OCC2O[C@@H](Oc3cc4c(O[C@@H]5OC(CO)[C@@H](O)[C@H](O)C5O)cc(O)cc4[o+]c3-c3cc(O)c(O)c(O)c3)C(O)[C@@H](O)[C@@H]2O)[C@@H](O)C(O)[C@H]1OC(=O)/C=C/c1ccc(O)c(O)c1. The van der Waals surface area contributed by atoms with E-state index in [-0.39, 0.29) is 28.0 Å². The lowest BCUT2D eigenvalue weighted by Gasteiger charge is -2.42. The largest absolute Gasteiger partial charge is 0.507 e. The maximum atomic E-state index is 12.6. The number of ether oxygens (including phenoxy) is 7. The molecule has 3 fully saturated rings. The topological polar surface area (TPSA) is 396 Å². The van der Waals surface area contributed by atoms with E-state index in [1.54, 1.807) is 0 Å². The molecule has 358 valence electrons. The maximum Gasteiger partial charge on any atom is 0.402 e. The summed E-state index contributed by atoms with van der Waals surface area (Å²) in [5.74, 6) is -6.03. The van der Waals surface area contributed by atoms with E-state index in [1.165, 1.54) is 31.2 Å². The second kappa shape index (κ2) is 19.6. The van der Waals surface area contributed by atoms with Crippen LogP contribution in [0.2, 0.25) is 0 Å². The van der Waals surface area contributed by atoms with Crippen LogP contribution in [0.3, 0.4) is 0 Å². The molecule has 3 aliphatic heterocycles. The Labute approximate surface area is 371 Å². The van der Waals surface area contributed by atoms with Crippen LogP contribution in [-0.2, 0) is 28.5 Å². The zero-order chi connectivity index (χ0) is 47.9. The van der Waals surface area contributed by atoms with Gasteiger partial charge < -0.3 is 110 Å². The molecule has 0 radical (unpaired) electrons. The standard InChI is InChI=1S/C42H46O24/c1-14-38(66-28(49)5-3-15-2-4-19(45)20(46)6-15)34(55)37(58)40(60-14)59-13-27-31(52)33(54)36(57)42(65-27)63-25-11-18-23(61-39(25)16-7-21(47)29(50)22(48)8-16)9-17(44)10-24(18)62-41-35(56)32(53)30(51)26(12-43)64-41/h2-11,14,26-27,30-38,40-43,51-58H,12-13H2,1H3,(H5-,44,45,46,47,48,49,50)/p+1/t14?,26?,27?,30-,31-,32+,33+,34?,35?,36?,37+,38+,40-,41-,42-/m1/s1. The van der Waals surface area contributed by atoms with Crippen LogP contribution < -0.4 is 9.47 Å². The average Bonchev–Trinajstić information content (AvgIpc) is 3.28. The molecule has 24 heteroatoms. The van der Waals surface area contributed by atoms with Crippen LogP contribution in [0.5, 0.6) is 46.0 Å². The molecular formula is C42H47O24+. The molecule has 3 saturated heterocycles. The normalized spacial score (nSPS) is 32.6. The summed E-state index contributed by atoms with van der Waals surface area (Å²) in [4.78, 5) is 12.6. The first-order valence-electron chi connectivity index (χ1n) is 20.0. The van der Waals surface area contributed by atoms with E-state index in [1.807, 2.05) is 0 Å². The summed E-state index contributed by atoms with van der Waals surface area (Å²) in [5, 5.41) is 156. The Bertz CT molecular complexity index is 2390.